The molecule has 0 heterocycles. The van der Waals surface area contributed by atoms with E-state index in [2.05, 4.69) is 30.8 Å². The van der Waals surface area contributed by atoms with E-state index in [9.17, 15) is 9.59 Å². The van der Waals surface area contributed by atoms with Crippen LogP contribution in [0.5, 0.6) is 0 Å². The summed E-state index contributed by atoms with van der Waals surface area (Å²) in [5.41, 5.74) is 0.0561. The van der Waals surface area contributed by atoms with E-state index in [1.807, 2.05) is 0 Å². The number of nitrogens with zero attached hydrogens (tertiary/aromatic N) is 2. The van der Waals surface area contributed by atoms with Crippen molar-refractivity contribution in [3.8, 4) is 0 Å². The van der Waals surface area contributed by atoms with E-state index in [0.717, 1.165) is 19.3 Å². The number of carbonyl (C=O) groups excluding carboxylic acids is 2. The third kappa shape index (κ3) is 9.11. The molecule has 1 aliphatic carbocycles. The Balaban J connectivity index is 0.000000541. The molecule has 0 aromatic carbocycles. The van der Waals surface area contributed by atoms with Crippen LogP contribution < -0.4 is 0 Å². The van der Waals surface area contributed by atoms with Crippen molar-refractivity contribution in [3.05, 3.63) is 0 Å². The van der Waals surface area contributed by atoms with Crippen molar-refractivity contribution in [1.82, 2.24) is 0 Å². The number of aliphatic imine (C=N–C) groups is 2. The molecule has 10 heteroatoms. The summed E-state index contributed by atoms with van der Waals surface area (Å²) in [5.74, 6) is 0. The van der Waals surface area contributed by atoms with Gasteiger partial charge in [0.05, 0.1) is 12.6 Å². The standard InChI is InChI=1S/C12H18N2O2.C4H14O4Si2/c1-11(2)4-10(14-9-16)5-12(3,6-11)7-13-8-15;1-5-9(6-2)10(7-3)8-4/h10H,4-7H2,1-3H3;9-10H,1-4H3. The van der Waals surface area contributed by atoms with E-state index in [1.54, 1.807) is 40.6 Å². The van der Waals surface area contributed by atoms with Crippen LogP contribution in [0.25, 0.3) is 0 Å². The van der Waals surface area contributed by atoms with Crippen molar-refractivity contribution in [2.45, 2.75) is 46.1 Å². The largest absolute Gasteiger partial charge is 0.399 e. The molecule has 1 saturated carbocycles. The molecule has 8 nitrogen and oxygen atoms in total. The Hall–Kier alpha value is -0.966. The Morgan fingerprint density at radius 3 is 1.81 bits per heavy atom. The highest BCUT2D eigenvalue weighted by atomic mass is 29.2. The third-order valence-electron chi connectivity index (χ3n) is 4.33. The summed E-state index contributed by atoms with van der Waals surface area (Å²) in [6.45, 7) is 6.86. The molecule has 1 fully saturated rings. The van der Waals surface area contributed by atoms with Crippen molar-refractivity contribution < 1.29 is 27.3 Å². The quantitative estimate of drug-likeness (QED) is 0.344. The van der Waals surface area contributed by atoms with E-state index < -0.39 is 17.6 Å². The van der Waals surface area contributed by atoms with Gasteiger partial charge in [-0.3, -0.25) is 0 Å². The van der Waals surface area contributed by atoms with Crippen LogP contribution >= 0.6 is 0 Å². The molecule has 0 aromatic heterocycles. The van der Waals surface area contributed by atoms with Gasteiger partial charge in [0.25, 0.3) is 0 Å². The lowest BCUT2D eigenvalue weighted by Crippen LogP contribution is -2.43. The fraction of sp³-hybridized carbons (Fsp3) is 0.875. The van der Waals surface area contributed by atoms with Crippen LogP contribution in [0.15, 0.2) is 9.98 Å². The van der Waals surface area contributed by atoms with Crippen molar-refractivity contribution in [2.75, 3.05) is 35.0 Å². The molecule has 0 N–H and O–H groups in total. The van der Waals surface area contributed by atoms with Crippen LogP contribution in [-0.4, -0.2) is 70.8 Å². The molecule has 26 heavy (non-hydrogen) atoms. The normalized spacial score (nSPS) is 24.3. The molecule has 0 spiro atoms. The lowest BCUT2D eigenvalue weighted by Gasteiger charge is -2.44. The molecule has 150 valence electrons. The summed E-state index contributed by atoms with van der Waals surface area (Å²) in [5, 5.41) is 0. The molecule has 2 atom stereocenters. The zero-order valence-corrected chi connectivity index (χ0v) is 19.2. The lowest BCUT2D eigenvalue weighted by molar-refractivity contribution is 0.0915. The topological polar surface area (TPSA) is 95.8 Å². The van der Waals surface area contributed by atoms with E-state index in [-0.39, 0.29) is 16.9 Å². The molecule has 2 unspecified atom stereocenters. The van der Waals surface area contributed by atoms with Crippen molar-refractivity contribution in [2.24, 2.45) is 20.8 Å². The van der Waals surface area contributed by atoms with Crippen molar-refractivity contribution >= 4 is 29.8 Å². The first-order valence-electron chi connectivity index (χ1n) is 8.42. The second-order valence-corrected chi connectivity index (χ2v) is 14.1. The van der Waals surface area contributed by atoms with E-state index in [4.69, 9.17) is 17.7 Å². The summed E-state index contributed by atoms with van der Waals surface area (Å²) in [4.78, 5) is 28.0. The molecular formula is C16H32N2O6Si2. The van der Waals surface area contributed by atoms with Gasteiger partial charge >= 0.3 is 17.6 Å². The van der Waals surface area contributed by atoms with E-state index in [0.29, 0.717) is 6.54 Å². The minimum absolute atomic E-state index is 0.00750. The second-order valence-electron chi connectivity index (χ2n) is 7.52. The van der Waals surface area contributed by atoms with Gasteiger partial charge in [0.15, 0.2) is 0 Å². The minimum Gasteiger partial charge on any atom is -0.399 e. The second kappa shape index (κ2) is 12.4. The third-order valence-corrected chi connectivity index (χ3v) is 11.2. The predicted octanol–water partition coefficient (Wildman–Crippen LogP) is 1.33. The van der Waals surface area contributed by atoms with Crippen LogP contribution in [0.1, 0.15) is 40.0 Å². The predicted molar refractivity (Wildman–Crippen MR) is 103 cm³/mol. The maximum Gasteiger partial charge on any atom is 0.364 e. The number of hydrogen-bond acceptors (Lipinski definition) is 8. The summed E-state index contributed by atoms with van der Waals surface area (Å²) in [6, 6.07) is 0.00750. The first-order valence-corrected chi connectivity index (χ1v) is 13.0. The summed E-state index contributed by atoms with van der Waals surface area (Å²) in [7, 11) is 3.27. The highest BCUT2D eigenvalue weighted by molar-refractivity contribution is 7.10. The highest BCUT2D eigenvalue weighted by Crippen LogP contribution is 2.47. The summed E-state index contributed by atoms with van der Waals surface area (Å²) < 4.78 is 20.3. The smallest absolute Gasteiger partial charge is 0.364 e. The van der Waals surface area contributed by atoms with E-state index >= 15 is 0 Å². The fourth-order valence-corrected chi connectivity index (χ4v) is 7.67. The molecular weight excluding hydrogens is 372 g/mol. The van der Waals surface area contributed by atoms with Gasteiger partial charge in [-0.05, 0) is 30.1 Å². The first kappa shape index (κ1) is 25.0. The molecule has 1 aliphatic rings. The van der Waals surface area contributed by atoms with Gasteiger partial charge in [-0.25, -0.2) is 19.6 Å². The Bertz CT molecular complexity index is 491. The Morgan fingerprint density at radius 2 is 1.42 bits per heavy atom. The summed E-state index contributed by atoms with van der Waals surface area (Å²) in [6.07, 6.45) is 5.88. The van der Waals surface area contributed by atoms with Crippen molar-refractivity contribution in [3.63, 3.8) is 0 Å². The van der Waals surface area contributed by atoms with Crippen LogP contribution in [0.2, 0.25) is 0 Å². The molecule has 0 saturated heterocycles. The lowest BCUT2D eigenvalue weighted by atomic mass is 9.63. The summed E-state index contributed by atoms with van der Waals surface area (Å²) >= 11 is 0. The molecule has 0 bridgehead atoms. The first-order chi connectivity index (χ1) is 12.2. The van der Waals surface area contributed by atoms with Crippen LogP contribution in [-0.2, 0) is 27.3 Å². The molecule has 0 amide bonds. The SMILES string of the molecule is CC1(C)CC(N=C=O)CC(C)(CN=C=O)C1.CO[SiH](OC)[SiH](OC)OC. The number of isocyanates is 2. The Morgan fingerprint density at radius 1 is 0.923 bits per heavy atom. The van der Waals surface area contributed by atoms with Gasteiger partial charge in [0.2, 0.25) is 12.2 Å². The zero-order valence-electron chi connectivity index (χ0n) is 16.9. The maximum atomic E-state index is 10.3. The average molecular weight is 405 g/mol. The van der Waals surface area contributed by atoms with Crippen molar-refractivity contribution in [1.29, 1.82) is 0 Å². The number of hydrogen-bond donors (Lipinski definition) is 0. The van der Waals surface area contributed by atoms with Crippen LogP contribution in [0.4, 0.5) is 0 Å². The minimum atomic E-state index is -1.61. The van der Waals surface area contributed by atoms with Gasteiger partial charge in [-0.1, -0.05) is 20.8 Å². The maximum absolute atomic E-state index is 10.3. The fourth-order valence-electron chi connectivity index (χ4n) is 3.72. The van der Waals surface area contributed by atoms with Crippen LogP contribution in [0, 0.1) is 10.8 Å². The van der Waals surface area contributed by atoms with Gasteiger partial charge in [0.1, 0.15) is 0 Å². The van der Waals surface area contributed by atoms with Gasteiger partial charge in [-0.2, -0.15) is 0 Å². The van der Waals surface area contributed by atoms with Gasteiger partial charge in [0, 0.05) is 28.4 Å². The Labute approximate surface area is 159 Å². The van der Waals surface area contributed by atoms with Gasteiger partial charge in [-0.15, -0.1) is 0 Å². The molecule has 0 radical (unpaired) electrons. The average Bonchev–Trinajstić information content (AvgIpc) is 2.57. The highest BCUT2D eigenvalue weighted by Gasteiger charge is 2.41. The van der Waals surface area contributed by atoms with Gasteiger partial charge < -0.3 is 17.7 Å². The molecule has 1 rings (SSSR count). The molecule has 0 aliphatic heterocycles. The zero-order chi connectivity index (χ0) is 20.2. The number of rotatable bonds is 8. The monoisotopic (exact) mass is 404 g/mol. The Kier molecular flexibility index (Phi) is 12.0. The van der Waals surface area contributed by atoms with Crippen LogP contribution in [0.3, 0.4) is 0 Å². The van der Waals surface area contributed by atoms with E-state index in [1.165, 1.54) is 0 Å². The molecule has 0 aromatic rings.